The highest BCUT2D eigenvalue weighted by molar-refractivity contribution is 5.97. The van der Waals surface area contributed by atoms with E-state index in [-0.39, 0.29) is 5.56 Å². The highest BCUT2D eigenvalue weighted by atomic mass is 19.4. The molecule has 0 fully saturated rings. The number of ether oxygens (including phenoxy) is 1. The van der Waals surface area contributed by atoms with E-state index in [0.717, 1.165) is 6.07 Å². The molecular weight excluding hydrogens is 423 g/mol. The maximum absolute atomic E-state index is 14.1. The highest BCUT2D eigenvalue weighted by Crippen LogP contribution is 2.51. The van der Waals surface area contributed by atoms with E-state index in [1.807, 2.05) is 0 Å². The first kappa shape index (κ1) is 23.9. The van der Waals surface area contributed by atoms with Gasteiger partial charge in [0.25, 0.3) is 5.91 Å². The fourth-order valence-corrected chi connectivity index (χ4v) is 1.80. The standard InChI is InChI=1S/C14H10F11NO2/c1-6-3-4-8(7(2)5-6)26-9(27)10(15,12(18,19)20)28-14(24,25)11(16,17)13(21,22)23/h3-5H,1-2H3,(H,26,27)/t10-/m1/s1. The van der Waals surface area contributed by atoms with Crippen molar-refractivity contribution in [3.05, 3.63) is 29.3 Å². The molecule has 14 heteroatoms. The van der Waals surface area contributed by atoms with E-state index >= 15 is 0 Å². The zero-order valence-electron chi connectivity index (χ0n) is 13.7. The van der Waals surface area contributed by atoms with Crippen LogP contribution in [-0.4, -0.2) is 36.1 Å². The Kier molecular flexibility index (Phi) is 6.02. The topological polar surface area (TPSA) is 38.3 Å². The van der Waals surface area contributed by atoms with Crippen molar-refractivity contribution in [1.29, 1.82) is 0 Å². The lowest BCUT2D eigenvalue weighted by atomic mass is 10.1. The SMILES string of the molecule is Cc1ccc(NC(=O)[C@@](F)(OC(F)(F)C(F)(F)C(F)(F)F)C(F)(F)F)c(C)c1. The number of halogens is 11. The lowest BCUT2D eigenvalue weighted by Gasteiger charge is -2.34. The van der Waals surface area contributed by atoms with Crippen LogP contribution in [-0.2, 0) is 9.53 Å². The van der Waals surface area contributed by atoms with Crippen molar-refractivity contribution < 1.29 is 57.8 Å². The summed E-state index contributed by atoms with van der Waals surface area (Å²) in [6.45, 7) is 2.71. The van der Waals surface area contributed by atoms with Gasteiger partial charge in [0.05, 0.1) is 0 Å². The first-order valence-electron chi connectivity index (χ1n) is 6.93. The molecule has 0 aliphatic carbocycles. The van der Waals surface area contributed by atoms with Crippen molar-refractivity contribution in [2.24, 2.45) is 0 Å². The van der Waals surface area contributed by atoms with Crippen LogP contribution in [0.15, 0.2) is 18.2 Å². The molecule has 1 amide bonds. The molecule has 1 rings (SSSR count). The normalized spacial score (nSPS) is 15.9. The van der Waals surface area contributed by atoms with Gasteiger partial charge < -0.3 is 5.32 Å². The van der Waals surface area contributed by atoms with Gasteiger partial charge in [-0.05, 0) is 25.5 Å². The molecule has 0 heterocycles. The molecule has 0 bridgehead atoms. The molecule has 0 aliphatic heterocycles. The molecule has 1 aromatic carbocycles. The van der Waals surface area contributed by atoms with Crippen molar-refractivity contribution in [1.82, 2.24) is 0 Å². The maximum atomic E-state index is 14.1. The fraction of sp³-hybridized carbons (Fsp3) is 0.500. The number of hydrogen-bond acceptors (Lipinski definition) is 2. The lowest BCUT2D eigenvalue weighted by molar-refractivity contribution is -0.472. The minimum absolute atomic E-state index is 0.00487. The van der Waals surface area contributed by atoms with Crippen LogP contribution in [0.5, 0.6) is 0 Å². The lowest BCUT2D eigenvalue weighted by Crippen LogP contribution is -2.62. The Balaban J connectivity index is 3.34. The van der Waals surface area contributed by atoms with Gasteiger partial charge in [0, 0.05) is 5.69 Å². The highest BCUT2D eigenvalue weighted by Gasteiger charge is 2.79. The summed E-state index contributed by atoms with van der Waals surface area (Å²) in [6.07, 6.45) is -20.9. The summed E-state index contributed by atoms with van der Waals surface area (Å²) in [5.74, 6) is -16.5. The Morgan fingerprint density at radius 2 is 1.36 bits per heavy atom. The van der Waals surface area contributed by atoms with E-state index in [9.17, 15) is 53.1 Å². The van der Waals surface area contributed by atoms with Gasteiger partial charge in [0.2, 0.25) is 0 Å². The average molecular weight is 433 g/mol. The summed E-state index contributed by atoms with van der Waals surface area (Å²) in [6, 6.07) is 3.38. The number of anilines is 1. The van der Waals surface area contributed by atoms with Crippen LogP contribution in [0.4, 0.5) is 54.0 Å². The Bertz CT molecular complexity index is 742. The van der Waals surface area contributed by atoms with Gasteiger partial charge in [0.1, 0.15) is 0 Å². The molecule has 3 nitrogen and oxygen atoms in total. The third-order valence-electron chi connectivity index (χ3n) is 3.28. The van der Waals surface area contributed by atoms with Crippen LogP contribution in [0, 0.1) is 13.8 Å². The Hall–Kier alpha value is -2.12. The third kappa shape index (κ3) is 4.31. The average Bonchev–Trinajstić information content (AvgIpc) is 2.46. The number of carbonyl (C=O) groups excluding carboxylic acids is 1. The number of amides is 1. The quantitative estimate of drug-likeness (QED) is 0.643. The minimum atomic E-state index is -7.23. The van der Waals surface area contributed by atoms with E-state index in [2.05, 4.69) is 4.74 Å². The van der Waals surface area contributed by atoms with Gasteiger partial charge in [-0.25, -0.2) is 0 Å². The molecule has 0 aromatic heterocycles. The largest absolute Gasteiger partial charge is 0.462 e. The molecule has 28 heavy (non-hydrogen) atoms. The first-order chi connectivity index (χ1) is 12.3. The first-order valence-corrected chi connectivity index (χ1v) is 6.93. The van der Waals surface area contributed by atoms with Crippen molar-refractivity contribution in [3.8, 4) is 0 Å². The number of carbonyl (C=O) groups is 1. The Morgan fingerprint density at radius 1 is 0.857 bits per heavy atom. The van der Waals surface area contributed by atoms with E-state index in [1.165, 1.54) is 31.3 Å². The monoisotopic (exact) mass is 433 g/mol. The van der Waals surface area contributed by atoms with E-state index in [0.29, 0.717) is 5.56 Å². The second kappa shape index (κ2) is 7.04. The van der Waals surface area contributed by atoms with Gasteiger partial charge in [-0.15, -0.1) is 0 Å². The summed E-state index contributed by atoms with van der Waals surface area (Å²) in [5.41, 5.74) is -0.0351. The molecule has 0 spiro atoms. The van der Waals surface area contributed by atoms with Gasteiger partial charge in [-0.3, -0.25) is 9.53 Å². The zero-order valence-corrected chi connectivity index (χ0v) is 13.7. The van der Waals surface area contributed by atoms with Crippen LogP contribution >= 0.6 is 0 Å². The van der Waals surface area contributed by atoms with Crippen molar-refractivity contribution in [2.75, 3.05) is 5.32 Å². The molecule has 0 saturated carbocycles. The van der Waals surface area contributed by atoms with Crippen molar-refractivity contribution in [3.63, 3.8) is 0 Å². The summed E-state index contributed by atoms with van der Waals surface area (Å²) in [5, 5.41) is 1.18. The molecular formula is C14H10F11NO2. The second-order valence-electron chi connectivity index (χ2n) is 5.56. The Labute approximate surface area is 149 Å². The predicted octanol–water partition coefficient (Wildman–Crippen LogP) is 5.28. The van der Waals surface area contributed by atoms with Gasteiger partial charge in [-0.2, -0.15) is 48.3 Å². The van der Waals surface area contributed by atoms with Crippen LogP contribution < -0.4 is 5.32 Å². The molecule has 1 atom stereocenters. The van der Waals surface area contributed by atoms with Crippen molar-refractivity contribution >= 4 is 11.6 Å². The van der Waals surface area contributed by atoms with Crippen LogP contribution in [0.1, 0.15) is 11.1 Å². The summed E-state index contributed by atoms with van der Waals surface area (Å²) in [7, 11) is 0. The van der Waals surface area contributed by atoms with Crippen LogP contribution in [0.25, 0.3) is 0 Å². The maximum Gasteiger partial charge on any atom is 0.462 e. The number of nitrogens with one attached hydrogen (secondary N) is 1. The van der Waals surface area contributed by atoms with Gasteiger partial charge in [0.15, 0.2) is 0 Å². The fourth-order valence-electron chi connectivity index (χ4n) is 1.80. The van der Waals surface area contributed by atoms with Gasteiger partial charge >= 0.3 is 30.2 Å². The third-order valence-corrected chi connectivity index (χ3v) is 3.28. The van der Waals surface area contributed by atoms with E-state index < -0.39 is 41.8 Å². The van der Waals surface area contributed by atoms with Crippen LogP contribution in [0.2, 0.25) is 0 Å². The molecule has 0 unspecified atom stereocenters. The second-order valence-corrected chi connectivity index (χ2v) is 5.56. The number of hydrogen-bond donors (Lipinski definition) is 1. The smallest absolute Gasteiger partial charge is 0.321 e. The number of aryl methyl sites for hydroxylation is 2. The summed E-state index contributed by atoms with van der Waals surface area (Å²) < 4.78 is 143. The molecule has 1 N–H and O–H groups in total. The number of rotatable bonds is 5. The van der Waals surface area contributed by atoms with Crippen LogP contribution in [0.3, 0.4) is 0 Å². The van der Waals surface area contributed by atoms with E-state index in [4.69, 9.17) is 0 Å². The van der Waals surface area contributed by atoms with Crippen molar-refractivity contribution in [2.45, 2.75) is 44.1 Å². The predicted molar refractivity (Wildman–Crippen MR) is 71.5 cm³/mol. The molecule has 1 aromatic rings. The van der Waals surface area contributed by atoms with Gasteiger partial charge in [-0.1, -0.05) is 17.7 Å². The zero-order chi connectivity index (χ0) is 22.3. The number of benzene rings is 1. The van der Waals surface area contributed by atoms with E-state index in [1.54, 1.807) is 0 Å². The molecule has 160 valence electrons. The number of alkyl halides is 11. The Morgan fingerprint density at radius 3 is 1.75 bits per heavy atom. The molecule has 0 saturated heterocycles. The molecule has 0 aliphatic rings. The minimum Gasteiger partial charge on any atom is -0.321 e. The summed E-state index contributed by atoms with van der Waals surface area (Å²) >= 11 is 0. The summed E-state index contributed by atoms with van der Waals surface area (Å²) in [4.78, 5) is 11.6. The molecule has 0 radical (unpaired) electrons.